The van der Waals surface area contributed by atoms with Crippen molar-refractivity contribution >= 4 is 5.78 Å². The second-order valence-electron chi connectivity index (χ2n) is 4.93. The summed E-state index contributed by atoms with van der Waals surface area (Å²) >= 11 is 0. The van der Waals surface area contributed by atoms with Gasteiger partial charge in [0.05, 0.1) is 5.56 Å². The van der Waals surface area contributed by atoms with E-state index in [0.29, 0.717) is 30.1 Å². The van der Waals surface area contributed by atoms with E-state index in [1.165, 1.54) is 13.0 Å². The zero-order valence-electron chi connectivity index (χ0n) is 10.7. The lowest BCUT2D eigenvalue weighted by Gasteiger charge is -2.10. The smallest absolute Gasteiger partial charge is 0.314 e. The predicted octanol–water partition coefficient (Wildman–Crippen LogP) is 3.34. The van der Waals surface area contributed by atoms with E-state index >= 15 is 0 Å². The van der Waals surface area contributed by atoms with Gasteiger partial charge in [-0.05, 0) is 37.5 Å². The molecule has 1 saturated carbocycles. The lowest BCUT2D eigenvalue weighted by molar-refractivity contribution is -0.137. The maximum Gasteiger partial charge on any atom is 0.416 e. The monoisotopic (exact) mass is 271 g/mol. The van der Waals surface area contributed by atoms with Gasteiger partial charge in [0.25, 0.3) is 0 Å². The summed E-state index contributed by atoms with van der Waals surface area (Å²) in [6.45, 7) is 2.13. The highest BCUT2D eigenvalue weighted by Gasteiger charge is 2.31. The molecule has 1 aliphatic rings. The lowest BCUT2D eigenvalue weighted by Crippen LogP contribution is -2.20. The Morgan fingerprint density at radius 1 is 1.37 bits per heavy atom. The quantitative estimate of drug-likeness (QED) is 0.832. The van der Waals surface area contributed by atoms with Crippen molar-refractivity contribution in [3.05, 3.63) is 34.9 Å². The molecule has 0 heterocycles. The molecule has 0 saturated heterocycles. The van der Waals surface area contributed by atoms with Gasteiger partial charge < -0.3 is 5.32 Å². The Morgan fingerprint density at radius 2 is 2.05 bits per heavy atom. The van der Waals surface area contributed by atoms with Crippen molar-refractivity contribution in [3.8, 4) is 0 Å². The molecule has 1 N–H and O–H groups in total. The standard InChI is InChI=1S/C14H16F3NO/c1-9-8-10(14(15,16)17)2-5-12(9)13(19)6-7-18-11-3-4-11/h2,5,8,11,18H,3-4,6-7H2,1H3. The van der Waals surface area contributed by atoms with E-state index in [0.717, 1.165) is 25.0 Å². The molecule has 0 atom stereocenters. The Kier molecular flexibility index (Phi) is 3.94. The second kappa shape index (κ2) is 5.33. The third kappa shape index (κ3) is 3.80. The first kappa shape index (κ1) is 14.1. The summed E-state index contributed by atoms with van der Waals surface area (Å²) in [6.07, 6.45) is -1.75. The predicted molar refractivity (Wildman–Crippen MR) is 66.2 cm³/mol. The van der Waals surface area contributed by atoms with Crippen molar-refractivity contribution in [1.29, 1.82) is 0 Å². The highest BCUT2D eigenvalue weighted by atomic mass is 19.4. The van der Waals surface area contributed by atoms with Crippen LogP contribution in [-0.4, -0.2) is 18.4 Å². The molecule has 0 unspecified atom stereocenters. The molecule has 0 radical (unpaired) electrons. The Morgan fingerprint density at radius 3 is 2.58 bits per heavy atom. The highest BCUT2D eigenvalue weighted by Crippen LogP contribution is 2.30. The van der Waals surface area contributed by atoms with Gasteiger partial charge in [-0.3, -0.25) is 4.79 Å². The number of hydrogen-bond donors (Lipinski definition) is 1. The van der Waals surface area contributed by atoms with Crippen molar-refractivity contribution in [2.75, 3.05) is 6.54 Å². The van der Waals surface area contributed by atoms with E-state index in [1.54, 1.807) is 0 Å². The molecule has 2 nitrogen and oxygen atoms in total. The Labute approximate surface area is 110 Å². The number of ketones is 1. The molecule has 1 aromatic rings. The average Bonchev–Trinajstić information content (AvgIpc) is 3.11. The first-order chi connectivity index (χ1) is 8.88. The number of halogens is 3. The molecule has 5 heteroatoms. The van der Waals surface area contributed by atoms with Gasteiger partial charge in [0.15, 0.2) is 5.78 Å². The van der Waals surface area contributed by atoms with Gasteiger partial charge in [-0.2, -0.15) is 13.2 Å². The molecule has 0 aromatic heterocycles. The summed E-state index contributed by atoms with van der Waals surface area (Å²) in [6, 6.07) is 3.80. The molecule has 0 bridgehead atoms. The van der Waals surface area contributed by atoms with Crippen molar-refractivity contribution < 1.29 is 18.0 Å². The van der Waals surface area contributed by atoms with Crippen LogP contribution in [0.5, 0.6) is 0 Å². The highest BCUT2D eigenvalue weighted by molar-refractivity contribution is 5.97. The molecule has 104 valence electrons. The van der Waals surface area contributed by atoms with Gasteiger partial charge >= 0.3 is 6.18 Å². The fourth-order valence-corrected chi connectivity index (χ4v) is 1.96. The summed E-state index contributed by atoms with van der Waals surface area (Å²) in [7, 11) is 0. The molecular weight excluding hydrogens is 255 g/mol. The molecule has 1 fully saturated rings. The van der Waals surface area contributed by atoms with Gasteiger partial charge in [0.2, 0.25) is 0 Å². The van der Waals surface area contributed by atoms with Crippen LogP contribution in [0.4, 0.5) is 13.2 Å². The summed E-state index contributed by atoms with van der Waals surface area (Å²) in [4.78, 5) is 11.9. The number of nitrogens with one attached hydrogen (secondary N) is 1. The SMILES string of the molecule is Cc1cc(C(F)(F)F)ccc1C(=O)CCNC1CC1. The number of carbonyl (C=O) groups is 1. The Balaban J connectivity index is 2.00. The van der Waals surface area contributed by atoms with Crippen molar-refractivity contribution in [2.24, 2.45) is 0 Å². The van der Waals surface area contributed by atoms with Crippen LogP contribution >= 0.6 is 0 Å². The number of aryl methyl sites for hydroxylation is 1. The first-order valence-electron chi connectivity index (χ1n) is 6.32. The van der Waals surface area contributed by atoms with Crippen LogP contribution in [0.25, 0.3) is 0 Å². The van der Waals surface area contributed by atoms with Crippen LogP contribution in [0.1, 0.15) is 40.7 Å². The molecule has 1 aromatic carbocycles. The number of carbonyl (C=O) groups excluding carboxylic acids is 1. The van der Waals surface area contributed by atoms with Crippen LogP contribution in [0, 0.1) is 6.92 Å². The van der Waals surface area contributed by atoms with E-state index in [1.807, 2.05) is 0 Å². The van der Waals surface area contributed by atoms with Crippen molar-refractivity contribution in [3.63, 3.8) is 0 Å². The van der Waals surface area contributed by atoms with Gasteiger partial charge in [-0.25, -0.2) is 0 Å². The van der Waals surface area contributed by atoms with Crippen molar-refractivity contribution in [1.82, 2.24) is 5.32 Å². The molecule has 2 rings (SSSR count). The van der Waals surface area contributed by atoms with E-state index < -0.39 is 11.7 Å². The van der Waals surface area contributed by atoms with E-state index in [2.05, 4.69) is 5.32 Å². The molecule has 0 amide bonds. The van der Waals surface area contributed by atoms with Gasteiger partial charge in [0.1, 0.15) is 0 Å². The number of hydrogen-bond acceptors (Lipinski definition) is 2. The van der Waals surface area contributed by atoms with Gasteiger partial charge in [-0.15, -0.1) is 0 Å². The molecule has 0 aliphatic heterocycles. The Hall–Kier alpha value is -1.36. The van der Waals surface area contributed by atoms with Crippen LogP contribution in [0.2, 0.25) is 0 Å². The van der Waals surface area contributed by atoms with E-state index in [-0.39, 0.29) is 5.78 Å². The maximum atomic E-state index is 12.5. The minimum absolute atomic E-state index is 0.112. The third-order valence-corrected chi connectivity index (χ3v) is 3.22. The number of Topliss-reactive ketones (excluding diaryl/α,β-unsaturated/α-hetero) is 1. The van der Waals surface area contributed by atoms with Gasteiger partial charge in [0, 0.05) is 24.6 Å². The van der Waals surface area contributed by atoms with Crippen LogP contribution < -0.4 is 5.32 Å². The molecule has 1 aliphatic carbocycles. The van der Waals surface area contributed by atoms with Crippen LogP contribution in [0.15, 0.2) is 18.2 Å². The topological polar surface area (TPSA) is 29.1 Å². The zero-order valence-corrected chi connectivity index (χ0v) is 10.7. The summed E-state index contributed by atoms with van der Waals surface area (Å²) in [5.41, 5.74) is 0.0505. The number of benzene rings is 1. The minimum atomic E-state index is -4.36. The van der Waals surface area contributed by atoms with Crippen molar-refractivity contribution in [2.45, 2.75) is 38.4 Å². The zero-order chi connectivity index (χ0) is 14.0. The number of alkyl halides is 3. The third-order valence-electron chi connectivity index (χ3n) is 3.22. The Bertz CT molecular complexity index is 478. The number of rotatable bonds is 5. The molecule has 19 heavy (non-hydrogen) atoms. The van der Waals surface area contributed by atoms with Crippen LogP contribution in [-0.2, 0) is 6.18 Å². The fourth-order valence-electron chi connectivity index (χ4n) is 1.96. The maximum absolute atomic E-state index is 12.5. The average molecular weight is 271 g/mol. The normalized spacial score (nSPS) is 15.6. The van der Waals surface area contributed by atoms with E-state index in [4.69, 9.17) is 0 Å². The first-order valence-corrected chi connectivity index (χ1v) is 6.32. The fraction of sp³-hybridized carbons (Fsp3) is 0.500. The molecular formula is C14H16F3NO. The summed E-state index contributed by atoms with van der Waals surface area (Å²) < 4.78 is 37.5. The largest absolute Gasteiger partial charge is 0.416 e. The summed E-state index contributed by atoms with van der Waals surface area (Å²) in [5.74, 6) is -0.112. The van der Waals surface area contributed by atoms with E-state index in [9.17, 15) is 18.0 Å². The minimum Gasteiger partial charge on any atom is -0.314 e. The molecule has 0 spiro atoms. The van der Waals surface area contributed by atoms with Crippen LogP contribution in [0.3, 0.4) is 0 Å². The second-order valence-corrected chi connectivity index (χ2v) is 4.93. The lowest BCUT2D eigenvalue weighted by atomic mass is 10.00. The summed E-state index contributed by atoms with van der Waals surface area (Å²) in [5, 5.41) is 3.21. The van der Waals surface area contributed by atoms with Gasteiger partial charge in [-0.1, -0.05) is 6.07 Å².